The number of aliphatic hydroxyl groups is 2. The predicted octanol–water partition coefficient (Wildman–Crippen LogP) is 1.70. The maximum atomic E-state index is 9.90. The highest BCUT2D eigenvalue weighted by Crippen LogP contribution is 2.13. The minimum Gasteiger partial charge on any atom is -0.396 e. The fourth-order valence-corrected chi connectivity index (χ4v) is 1.95. The summed E-state index contributed by atoms with van der Waals surface area (Å²) < 4.78 is 5.50. The minimum absolute atomic E-state index is 0.130. The second kappa shape index (κ2) is 9.08. The van der Waals surface area contributed by atoms with Crippen LogP contribution in [-0.4, -0.2) is 41.6 Å². The molecule has 0 amide bonds. The first-order valence-corrected chi connectivity index (χ1v) is 7.25. The van der Waals surface area contributed by atoms with E-state index >= 15 is 0 Å². The van der Waals surface area contributed by atoms with Gasteiger partial charge in [0.05, 0.1) is 19.3 Å². The molecule has 1 rings (SSSR count). The third-order valence-electron chi connectivity index (χ3n) is 3.63. The topological polar surface area (TPSA) is 61.7 Å². The van der Waals surface area contributed by atoms with Gasteiger partial charge >= 0.3 is 0 Å². The second-order valence-electron chi connectivity index (χ2n) is 5.42. The highest BCUT2D eigenvalue weighted by atomic mass is 16.5. The molecule has 0 radical (unpaired) electrons. The molecule has 0 fully saturated rings. The van der Waals surface area contributed by atoms with Crippen molar-refractivity contribution < 1.29 is 14.9 Å². The van der Waals surface area contributed by atoms with Crippen molar-refractivity contribution in [1.29, 1.82) is 0 Å². The summed E-state index contributed by atoms with van der Waals surface area (Å²) in [6, 6.07) is 9.91. The van der Waals surface area contributed by atoms with E-state index in [4.69, 9.17) is 9.84 Å². The Hall–Kier alpha value is -0.940. The molecule has 1 aromatic rings. The summed E-state index contributed by atoms with van der Waals surface area (Å²) in [6.45, 7) is 5.57. The largest absolute Gasteiger partial charge is 0.396 e. The molecule has 0 aliphatic carbocycles. The van der Waals surface area contributed by atoms with Crippen molar-refractivity contribution in [3.63, 3.8) is 0 Å². The lowest BCUT2D eigenvalue weighted by atomic mass is 9.95. The molecular weight excluding hydrogens is 254 g/mol. The maximum Gasteiger partial charge on any atom is 0.0898 e. The van der Waals surface area contributed by atoms with Crippen LogP contribution in [0, 0.1) is 0 Å². The molecule has 4 heteroatoms. The van der Waals surface area contributed by atoms with Gasteiger partial charge in [-0.05, 0) is 25.3 Å². The Bertz CT molecular complexity index is 358. The van der Waals surface area contributed by atoms with Crippen LogP contribution in [0.25, 0.3) is 0 Å². The lowest BCUT2D eigenvalue weighted by Gasteiger charge is -2.30. The molecule has 0 aliphatic rings. The van der Waals surface area contributed by atoms with Crippen LogP contribution in [0.1, 0.15) is 32.3 Å². The van der Waals surface area contributed by atoms with E-state index < -0.39 is 6.10 Å². The molecule has 2 atom stereocenters. The van der Waals surface area contributed by atoms with Crippen LogP contribution < -0.4 is 5.32 Å². The normalized spacial score (nSPS) is 15.8. The van der Waals surface area contributed by atoms with Gasteiger partial charge in [0, 0.05) is 18.7 Å². The van der Waals surface area contributed by atoms with E-state index in [-0.39, 0.29) is 12.1 Å². The first kappa shape index (κ1) is 17.1. The number of hydrogen-bond donors (Lipinski definition) is 3. The number of ether oxygens (including phenoxy) is 1. The SMILES string of the molecule is CCC(C)(CCO)NCC(O)COCc1ccccc1. The highest BCUT2D eigenvalue weighted by molar-refractivity contribution is 5.13. The van der Waals surface area contributed by atoms with E-state index in [0.717, 1.165) is 12.0 Å². The molecular formula is C16H27NO3. The highest BCUT2D eigenvalue weighted by Gasteiger charge is 2.21. The van der Waals surface area contributed by atoms with Gasteiger partial charge in [-0.25, -0.2) is 0 Å². The van der Waals surface area contributed by atoms with Crippen LogP contribution in [0.15, 0.2) is 30.3 Å². The fourth-order valence-electron chi connectivity index (χ4n) is 1.95. The average Bonchev–Trinajstić information content (AvgIpc) is 2.47. The van der Waals surface area contributed by atoms with Gasteiger partial charge in [-0.2, -0.15) is 0 Å². The Balaban J connectivity index is 2.21. The summed E-state index contributed by atoms with van der Waals surface area (Å²) in [4.78, 5) is 0. The average molecular weight is 281 g/mol. The fraction of sp³-hybridized carbons (Fsp3) is 0.625. The summed E-state index contributed by atoms with van der Waals surface area (Å²) in [5.74, 6) is 0. The third-order valence-corrected chi connectivity index (χ3v) is 3.63. The number of nitrogens with one attached hydrogen (secondary N) is 1. The molecule has 0 saturated heterocycles. The number of β-amino-alcohol motifs (C(OH)–C–C–N with tert-alkyl or cyclic N) is 1. The van der Waals surface area contributed by atoms with E-state index in [1.54, 1.807) is 0 Å². The van der Waals surface area contributed by atoms with Crippen molar-refractivity contribution in [2.75, 3.05) is 19.8 Å². The van der Waals surface area contributed by atoms with Crippen molar-refractivity contribution in [3.05, 3.63) is 35.9 Å². The Morgan fingerprint density at radius 3 is 2.60 bits per heavy atom. The number of hydrogen-bond acceptors (Lipinski definition) is 4. The molecule has 1 aromatic carbocycles. The summed E-state index contributed by atoms with van der Waals surface area (Å²) in [6.07, 6.45) is 1.05. The lowest BCUT2D eigenvalue weighted by molar-refractivity contribution is 0.0241. The molecule has 4 nitrogen and oxygen atoms in total. The molecule has 114 valence electrons. The van der Waals surface area contributed by atoms with Gasteiger partial charge in [0.15, 0.2) is 0 Å². The Morgan fingerprint density at radius 1 is 1.30 bits per heavy atom. The van der Waals surface area contributed by atoms with Crippen molar-refractivity contribution in [2.24, 2.45) is 0 Å². The van der Waals surface area contributed by atoms with E-state index in [0.29, 0.717) is 26.2 Å². The van der Waals surface area contributed by atoms with Gasteiger partial charge in [-0.3, -0.25) is 0 Å². The van der Waals surface area contributed by atoms with Crippen LogP contribution in [0.4, 0.5) is 0 Å². The molecule has 2 unspecified atom stereocenters. The van der Waals surface area contributed by atoms with E-state index in [2.05, 4.69) is 19.2 Å². The predicted molar refractivity (Wildman–Crippen MR) is 80.5 cm³/mol. The number of benzene rings is 1. The van der Waals surface area contributed by atoms with E-state index in [1.807, 2.05) is 30.3 Å². The van der Waals surface area contributed by atoms with Crippen LogP contribution in [0.5, 0.6) is 0 Å². The lowest BCUT2D eigenvalue weighted by Crippen LogP contribution is -2.46. The van der Waals surface area contributed by atoms with E-state index in [9.17, 15) is 5.11 Å². The molecule has 0 bridgehead atoms. The van der Waals surface area contributed by atoms with Crippen molar-refractivity contribution in [2.45, 2.75) is 44.9 Å². The van der Waals surface area contributed by atoms with Gasteiger partial charge in [-0.15, -0.1) is 0 Å². The van der Waals surface area contributed by atoms with Crippen LogP contribution in [0.3, 0.4) is 0 Å². The van der Waals surface area contributed by atoms with Crippen molar-refractivity contribution in [1.82, 2.24) is 5.32 Å². The summed E-state index contributed by atoms with van der Waals surface area (Å²) in [5, 5.41) is 22.2. The first-order valence-electron chi connectivity index (χ1n) is 7.25. The Morgan fingerprint density at radius 2 is 2.00 bits per heavy atom. The monoisotopic (exact) mass is 281 g/mol. The molecule has 20 heavy (non-hydrogen) atoms. The first-order chi connectivity index (χ1) is 9.59. The zero-order valence-electron chi connectivity index (χ0n) is 12.5. The van der Waals surface area contributed by atoms with Crippen molar-refractivity contribution in [3.8, 4) is 0 Å². The molecule has 0 heterocycles. The van der Waals surface area contributed by atoms with Crippen LogP contribution >= 0.6 is 0 Å². The molecule has 0 aliphatic heterocycles. The summed E-state index contributed by atoms with van der Waals surface area (Å²) in [7, 11) is 0. The van der Waals surface area contributed by atoms with Gasteiger partial charge in [0.2, 0.25) is 0 Å². The number of rotatable bonds is 10. The summed E-state index contributed by atoms with van der Waals surface area (Å²) in [5.41, 5.74) is 0.973. The molecule has 0 spiro atoms. The Labute approximate surface area is 121 Å². The summed E-state index contributed by atoms with van der Waals surface area (Å²) >= 11 is 0. The molecule has 0 aromatic heterocycles. The maximum absolute atomic E-state index is 9.90. The standard InChI is InChI=1S/C16H27NO3/c1-3-16(2,9-10-18)17-11-15(19)13-20-12-14-7-5-4-6-8-14/h4-8,15,17-19H,3,9-13H2,1-2H3. The third kappa shape index (κ3) is 6.48. The molecule has 0 saturated carbocycles. The molecule has 3 N–H and O–H groups in total. The zero-order valence-corrected chi connectivity index (χ0v) is 12.5. The Kier molecular flexibility index (Phi) is 7.77. The quantitative estimate of drug-likeness (QED) is 0.611. The van der Waals surface area contributed by atoms with Crippen LogP contribution in [-0.2, 0) is 11.3 Å². The smallest absolute Gasteiger partial charge is 0.0898 e. The van der Waals surface area contributed by atoms with Gasteiger partial charge in [0.25, 0.3) is 0 Å². The second-order valence-corrected chi connectivity index (χ2v) is 5.42. The van der Waals surface area contributed by atoms with Gasteiger partial charge in [-0.1, -0.05) is 37.3 Å². The zero-order chi connectivity index (χ0) is 14.8. The van der Waals surface area contributed by atoms with Gasteiger partial charge < -0.3 is 20.3 Å². The van der Waals surface area contributed by atoms with Crippen molar-refractivity contribution >= 4 is 0 Å². The van der Waals surface area contributed by atoms with Gasteiger partial charge in [0.1, 0.15) is 0 Å². The van der Waals surface area contributed by atoms with E-state index in [1.165, 1.54) is 0 Å². The number of aliphatic hydroxyl groups excluding tert-OH is 2. The van der Waals surface area contributed by atoms with Crippen LogP contribution in [0.2, 0.25) is 0 Å². The minimum atomic E-state index is -0.539.